The van der Waals surface area contributed by atoms with E-state index in [2.05, 4.69) is 25.8 Å². The number of aromatic nitrogens is 1. The molecule has 5 rings (SSSR count). The molecule has 0 N–H and O–H groups in total. The summed E-state index contributed by atoms with van der Waals surface area (Å²) < 4.78 is 6.01. The fourth-order valence-corrected chi connectivity index (χ4v) is 4.43. The molecule has 166 valence electrons. The van der Waals surface area contributed by atoms with E-state index in [0.29, 0.717) is 27.4 Å². The number of rotatable bonds is 2. The molecule has 2 aromatic carbocycles. The monoisotopic (exact) mass is 458 g/mol. The van der Waals surface area contributed by atoms with Crippen molar-refractivity contribution < 1.29 is 9.21 Å². The average molecular weight is 459 g/mol. The van der Waals surface area contributed by atoms with Crippen LogP contribution in [0, 0.1) is 6.92 Å². The zero-order valence-corrected chi connectivity index (χ0v) is 19.6. The highest BCUT2D eigenvalue weighted by Crippen LogP contribution is 2.41. The fraction of sp³-hybridized carbons (Fsp3) is 0.222. The minimum atomic E-state index is -0.656. The van der Waals surface area contributed by atoms with Crippen molar-refractivity contribution in [2.24, 2.45) is 0 Å². The fourth-order valence-electron chi connectivity index (χ4n) is 4.31. The molecule has 4 aromatic rings. The molecule has 1 aliphatic heterocycles. The number of benzene rings is 2. The van der Waals surface area contributed by atoms with Crippen LogP contribution in [-0.4, -0.2) is 10.9 Å². The number of carbonyl (C=O) groups excluding carboxylic acids is 1. The third-order valence-electron chi connectivity index (χ3n) is 6.08. The molecular formula is C27H23ClN2O3. The van der Waals surface area contributed by atoms with Crippen LogP contribution in [0.2, 0.25) is 5.02 Å². The largest absolute Gasteiger partial charge is 0.450 e. The van der Waals surface area contributed by atoms with Gasteiger partial charge in [-0.3, -0.25) is 14.5 Å². The molecule has 5 nitrogen and oxygen atoms in total. The topological polar surface area (TPSA) is 63.4 Å². The Kier molecular flexibility index (Phi) is 4.91. The Morgan fingerprint density at radius 1 is 1.00 bits per heavy atom. The summed E-state index contributed by atoms with van der Waals surface area (Å²) in [6.07, 6.45) is 1.49. The van der Waals surface area contributed by atoms with Crippen LogP contribution < -0.4 is 10.3 Å². The standard InChI is InChI=1S/C27H23ClN2O3/c1-15-5-11-20-19(13-15)24(31)22-23(16-6-8-17(9-7-16)27(2,3)4)30(26(32)25(22)33-20)21-12-10-18(28)14-29-21/h5-14,23H,1-4H3. The maximum atomic E-state index is 13.7. The van der Waals surface area contributed by atoms with Crippen molar-refractivity contribution in [1.29, 1.82) is 0 Å². The van der Waals surface area contributed by atoms with Crippen LogP contribution >= 0.6 is 11.6 Å². The molecule has 33 heavy (non-hydrogen) atoms. The Labute approximate surface area is 196 Å². The van der Waals surface area contributed by atoms with Crippen LogP contribution in [0.4, 0.5) is 5.82 Å². The maximum Gasteiger partial charge on any atom is 0.296 e. The normalized spacial score (nSPS) is 15.8. The first kappa shape index (κ1) is 21.4. The third-order valence-corrected chi connectivity index (χ3v) is 6.30. The lowest BCUT2D eigenvalue weighted by Gasteiger charge is -2.25. The zero-order valence-electron chi connectivity index (χ0n) is 18.8. The third kappa shape index (κ3) is 3.53. The molecule has 0 bridgehead atoms. The molecule has 0 fully saturated rings. The lowest BCUT2D eigenvalue weighted by molar-refractivity contribution is 0.0970. The molecule has 0 saturated carbocycles. The Balaban J connectivity index is 1.77. The highest BCUT2D eigenvalue weighted by molar-refractivity contribution is 6.30. The summed E-state index contributed by atoms with van der Waals surface area (Å²) in [5.74, 6) is 0.0580. The molecule has 0 saturated heterocycles. The summed E-state index contributed by atoms with van der Waals surface area (Å²) in [7, 11) is 0. The van der Waals surface area contributed by atoms with Crippen LogP contribution in [-0.2, 0) is 5.41 Å². The van der Waals surface area contributed by atoms with Crippen molar-refractivity contribution in [2.45, 2.75) is 39.2 Å². The highest BCUT2D eigenvalue weighted by Gasteiger charge is 2.44. The molecule has 0 aliphatic carbocycles. The summed E-state index contributed by atoms with van der Waals surface area (Å²) in [6, 6.07) is 16.1. The SMILES string of the molecule is Cc1ccc2oc3c(c(=O)c2c1)C(c1ccc(C(C)(C)C)cc1)N(c1ccc(Cl)cn1)C3=O. The predicted molar refractivity (Wildman–Crippen MR) is 130 cm³/mol. The highest BCUT2D eigenvalue weighted by atomic mass is 35.5. The maximum absolute atomic E-state index is 13.7. The molecule has 1 aliphatic rings. The molecule has 0 radical (unpaired) electrons. The van der Waals surface area contributed by atoms with E-state index in [4.69, 9.17) is 16.0 Å². The number of halogens is 1. The van der Waals surface area contributed by atoms with Gasteiger partial charge >= 0.3 is 0 Å². The number of anilines is 1. The van der Waals surface area contributed by atoms with E-state index in [1.165, 1.54) is 11.1 Å². The van der Waals surface area contributed by atoms with Crippen LogP contribution in [0.25, 0.3) is 11.0 Å². The van der Waals surface area contributed by atoms with Gasteiger partial charge in [-0.05, 0) is 47.7 Å². The molecule has 1 amide bonds. The quantitative estimate of drug-likeness (QED) is 0.359. The van der Waals surface area contributed by atoms with Crippen LogP contribution in [0.15, 0.2) is 70.0 Å². The molecule has 1 unspecified atom stereocenters. The number of amides is 1. The van der Waals surface area contributed by atoms with E-state index in [-0.39, 0.29) is 16.6 Å². The van der Waals surface area contributed by atoms with Gasteiger partial charge in [0.05, 0.1) is 22.0 Å². The van der Waals surface area contributed by atoms with E-state index < -0.39 is 11.9 Å². The van der Waals surface area contributed by atoms with Gasteiger partial charge in [-0.15, -0.1) is 0 Å². The van der Waals surface area contributed by atoms with Gasteiger partial charge in [0.25, 0.3) is 5.91 Å². The van der Waals surface area contributed by atoms with Gasteiger partial charge in [0, 0.05) is 6.20 Å². The summed E-state index contributed by atoms with van der Waals surface area (Å²) in [5.41, 5.74) is 3.42. The molecule has 6 heteroatoms. The van der Waals surface area contributed by atoms with Crippen molar-refractivity contribution >= 4 is 34.3 Å². The van der Waals surface area contributed by atoms with E-state index in [0.717, 1.165) is 16.7 Å². The van der Waals surface area contributed by atoms with E-state index in [1.54, 1.807) is 24.3 Å². The summed E-state index contributed by atoms with van der Waals surface area (Å²) in [4.78, 5) is 33.1. The summed E-state index contributed by atoms with van der Waals surface area (Å²) in [6.45, 7) is 8.35. The smallest absolute Gasteiger partial charge is 0.296 e. The van der Waals surface area contributed by atoms with Gasteiger partial charge in [-0.1, -0.05) is 68.3 Å². The van der Waals surface area contributed by atoms with Crippen molar-refractivity contribution in [3.63, 3.8) is 0 Å². The van der Waals surface area contributed by atoms with Gasteiger partial charge in [0.2, 0.25) is 5.76 Å². The first-order valence-corrected chi connectivity index (χ1v) is 11.2. The second kappa shape index (κ2) is 7.56. The second-order valence-electron chi connectivity index (χ2n) is 9.46. The Morgan fingerprint density at radius 2 is 1.73 bits per heavy atom. The molecular weight excluding hydrogens is 436 g/mol. The zero-order chi connectivity index (χ0) is 23.5. The first-order valence-electron chi connectivity index (χ1n) is 10.8. The Hall–Kier alpha value is -3.44. The molecule has 1 atom stereocenters. The minimum absolute atomic E-state index is 0.0217. The van der Waals surface area contributed by atoms with Crippen LogP contribution in [0.5, 0.6) is 0 Å². The average Bonchev–Trinajstić information content (AvgIpc) is 3.07. The number of fused-ring (bicyclic) bond motifs is 2. The lowest BCUT2D eigenvalue weighted by atomic mass is 9.86. The van der Waals surface area contributed by atoms with Crippen LogP contribution in [0.1, 0.15) is 59.6 Å². The van der Waals surface area contributed by atoms with E-state index in [9.17, 15) is 9.59 Å². The number of hydrogen-bond donors (Lipinski definition) is 0. The Bertz CT molecular complexity index is 1450. The van der Waals surface area contributed by atoms with Gasteiger partial charge in [-0.2, -0.15) is 0 Å². The number of nitrogens with zero attached hydrogens (tertiary/aromatic N) is 2. The molecule has 2 aromatic heterocycles. The van der Waals surface area contributed by atoms with Gasteiger partial charge in [0.15, 0.2) is 5.43 Å². The molecule has 3 heterocycles. The predicted octanol–water partition coefficient (Wildman–Crippen LogP) is 6.20. The second-order valence-corrected chi connectivity index (χ2v) is 9.89. The van der Waals surface area contributed by atoms with Crippen molar-refractivity contribution in [1.82, 2.24) is 4.98 Å². The summed E-state index contributed by atoms with van der Waals surface area (Å²) >= 11 is 6.03. The Morgan fingerprint density at radius 3 is 2.36 bits per heavy atom. The van der Waals surface area contributed by atoms with Crippen molar-refractivity contribution in [2.75, 3.05) is 4.90 Å². The summed E-state index contributed by atoms with van der Waals surface area (Å²) in [5, 5.41) is 0.924. The molecule has 0 spiro atoms. The van der Waals surface area contributed by atoms with E-state index in [1.807, 2.05) is 37.3 Å². The van der Waals surface area contributed by atoms with Gasteiger partial charge in [-0.25, -0.2) is 4.98 Å². The van der Waals surface area contributed by atoms with Crippen molar-refractivity contribution in [3.8, 4) is 0 Å². The first-order chi connectivity index (χ1) is 15.6. The van der Waals surface area contributed by atoms with Crippen LogP contribution in [0.3, 0.4) is 0 Å². The van der Waals surface area contributed by atoms with E-state index >= 15 is 0 Å². The number of carbonyl (C=O) groups is 1. The number of aryl methyl sites for hydroxylation is 1. The van der Waals surface area contributed by atoms with Gasteiger partial charge in [0.1, 0.15) is 11.4 Å². The minimum Gasteiger partial charge on any atom is -0.450 e. The lowest BCUT2D eigenvalue weighted by Crippen LogP contribution is -2.30. The number of pyridine rings is 1. The van der Waals surface area contributed by atoms with Crippen molar-refractivity contribution in [3.05, 3.63) is 104 Å². The number of hydrogen-bond acceptors (Lipinski definition) is 4. The van der Waals surface area contributed by atoms with Gasteiger partial charge < -0.3 is 4.42 Å².